The van der Waals surface area contributed by atoms with Crippen LogP contribution in [0.5, 0.6) is 11.8 Å². The smallest absolute Gasteiger partial charge is 0.199 e. The molecule has 0 aliphatic heterocycles. The normalized spacial score (nSPS) is 10.6. The maximum Gasteiger partial charge on any atom is 0.199 e. The number of benzene rings is 1. The van der Waals surface area contributed by atoms with Crippen LogP contribution in [0.15, 0.2) is 30.5 Å². The summed E-state index contributed by atoms with van der Waals surface area (Å²) in [5.74, 6) is -0.205. The van der Waals surface area contributed by atoms with Crippen LogP contribution in [0.3, 0.4) is 0 Å². The molecule has 5 nitrogen and oxygen atoms in total. The van der Waals surface area contributed by atoms with Crippen LogP contribution in [0.2, 0.25) is 0 Å². The number of fused-ring (bicyclic) bond motifs is 1. The van der Waals surface area contributed by atoms with Crippen LogP contribution in [0.4, 0.5) is 0 Å². The van der Waals surface area contributed by atoms with Gasteiger partial charge in [0.2, 0.25) is 0 Å². The zero-order chi connectivity index (χ0) is 12.7. The molecule has 0 unspecified atom stereocenters. The quantitative estimate of drug-likeness (QED) is 0.525. The third-order valence-corrected chi connectivity index (χ3v) is 2.88. The first-order chi connectivity index (χ1) is 8.69. The molecule has 5 heteroatoms. The molecule has 3 aromatic rings. The highest BCUT2D eigenvalue weighted by Crippen LogP contribution is 2.36. The Bertz CT molecular complexity index is 777. The molecule has 0 bridgehead atoms. The molecule has 0 aliphatic carbocycles. The van der Waals surface area contributed by atoms with Crippen molar-refractivity contribution in [2.24, 2.45) is 0 Å². The molecular formula is C13H9N3O2. The lowest BCUT2D eigenvalue weighted by Crippen LogP contribution is -1.76. The third kappa shape index (κ3) is 1.40. The number of aromatic hydroxyl groups is 2. The van der Waals surface area contributed by atoms with Gasteiger partial charge in [-0.3, -0.25) is 4.98 Å². The summed E-state index contributed by atoms with van der Waals surface area (Å²) in [6.45, 7) is 0. The molecule has 0 saturated carbocycles. The van der Waals surface area contributed by atoms with Crippen LogP contribution >= 0.6 is 0 Å². The molecule has 1 aromatic carbocycles. The van der Waals surface area contributed by atoms with Gasteiger partial charge < -0.3 is 15.2 Å². The van der Waals surface area contributed by atoms with Gasteiger partial charge in [-0.15, -0.1) is 0 Å². The molecule has 2 aromatic heterocycles. The fourth-order valence-corrected chi connectivity index (χ4v) is 2.05. The fraction of sp³-hybridized carbons (Fsp3) is 0. The van der Waals surface area contributed by atoms with Crippen molar-refractivity contribution in [3.05, 3.63) is 36.0 Å². The van der Waals surface area contributed by atoms with E-state index in [9.17, 15) is 10.2 Å². The summed E-state index contributed by atoms with van der Waals surface area (Å²) >= 11 is 0. The summed E-state index contributed by atoms with van der Waals surface area (Å²) < 4.78 is 0. The van der Waals surface area contributed by atoms with Gasteiger partial charge >= 0.3 is 0 Å². The van der Waals surface area contributed by atoms with E-state index in [2.05, 4.69) is 16.0 Å². The minimum absolute atomic E-state index is 0.101. The molecule has 0 radical (unpaired) electrons. The van der Waals surface area contributed by atoms with Crippen LogP contribution in [-0.4, -0.2) is 20.2 Å². The number of nitrogens with one attached hydrogen (secondary N) is 2. The molecule has 0 spiro atoms. The second kappa shape index (κ2) is 3.57. The van der Waals surface area contributed by atoms with Gasteiger partial charge in [-0.05, 0) is 18.2 Å². The summed E-state index contributed by atoms with van der Waals surface area (Å²) in [5.41, 5.74) is 2.64. The number of nitriles is 1. The van der Waals surface area contributed by atoms with Crippen LogP contribution in [0.25, 0.3) is 22.0 Å². The van der Waals surface area contributed by atoms with Crippen LogP contribution < -0.4 is 0 Å². The third-order valence-electron chi connectivity index (χ3n) is 2.88. The average Bonchev–Trinajstić information content (AvgIpc) is 2.91. The lowest BCUT2D eigenvalue weighted by Gasteiger charge is -1.97. The summed E-state index contributed by atoms with van der Waals surface area (Å²) in [6, 6.07) is 8.78. The largest absolute Gasteiger partial charge is 0.494 e. The van der Waals surface area contributed by atoms with E-state index in [0.29, 0.717) is 11.1 Å². The van der Waals surface area contributed by atoms with Gasteiger partial charge in [0.05, 0.1) is 11.6 Å². The maximum absolute atomic E-state index is 9.69. The molecule has 2 heterocycles. The minimum Gasteiger partial charge on any atom is -0.494 e. The van der Waals surface area contributed by atoms with Gasteiger partial charge in [0.15, 0.2) is 11.8 Å². The fourth-order valence-electron chi connectivity index (χ4n) is 2.05. The zero-order valence-corrected chi connectivity index (χ0v) is 9.23. The van der Waals surface area contributed by atoms with Gasteiger partial charge in [-0.1, -0.05) is 0 Å². The highest BCUT2D eigenvalue weighted by atomic mass is 16.3. The Morgan fingerprint density at radius 2 is 1.94 bits per heavy atom. The Kier molecular flexibility index (Phi) is 2.04. The number of nitrogens with zero attached hydrogens (tertiary/aromatic N) is 1. The SMILES string of the molecule is N#Cc1ccc2[nH]cc(-c3cc(O)[nH]c3O)c2c1. The van der Waals surface area contributed by atoms with E-state index in [0.717, 1.165) is 16.5 Å². The topological polar surface area (TPSA) is 95.8 Å². The second-order valence-corrected chi connectivity index (χ2v) is 3.99. The summed E-state index contributed by atoms with van der Waals surface area (Å²) in [5, 5.41) is 28.7. The van der Waals surface area contributed by atoms with Crippen molar-refractivity contribution in [1.29, 1.82) is 5.26 Å². The molecule has 0 atom stereocenters. The Labute approximate surface area is 102 Å². The monoisotopic (exact) mass is 239 g/mol. The predicted octanol–water partition coefficient (Wildman–Crippen LogP) is 2.45. The number of aromatic amines is 2. The van der Waals surface area contributed by atoms with E-state index < -0.39 is 0 Å². The molecule has 88 valence electrons. The van der Waals surface area contributed by atoms with Gasteiger partial charge in [-0.2, -0.15) is 5.26 Å². The molecule has 0 fully saturated rings. The molecule has 0 saturated heterocycles. The number of aromatic nitrogens is 2. The van der Waals surface area contributed by atoms with Crippen molar-refractivity contribution >= 4 is 10.9 Å². The van der Waals surface area contributed by atoms with Gasteiger partial charge in [0.1, 0.15) is 0 Å². The first kappa shape index (κ1) is 10.3. The Balaban J connectivity index is 2.30. The van der Waals surface area contributed by atoms with Crippen molar-refractivity contribution in [2.45, 2.75) is 0 Å². The molecule has 4 N–H and O–H groups in total. The van der Waals surface area contributed by atoms with E-state index in [1.807, 2.05) is 0 Å². The van der Waals surface area contributed by atoms with Crippen LogP contribution in [-0.2, 0) is 0 Å². The number of hydrogen-bond acceptors (Lipinski definition) is 3. The molecular weight excluding hydrogens is 230 g/mol. The van der Waals surface area contributed by atoms with Crippen molar-refractivity contribution in [1.82, 2.24) is 9.97 Å². The van der Waals surface area contributed by atoms with E-state index >= 15 is 0 Å². The summed E-state index contributed by atoms with van der Waals surface area (Å²) in [7, 11) is 0. The van der Waals surface area contributed by atoms with E-state index in [4.69, 9.17) is 5.26 Å². The molecule has 0 amide bonds. The lowest BCUT2D eigenvalue weighted by molar-refractivity contribution is 0.426. The standard InChI is InChI=1S/C13H9N3O2/c14-5-7-1-2-11-8(3-7)10(6-15-11)9-4-12(17)16-13(9)18/h1-4,6,15-18H. The lowest BCUT2D eigenvalue weighted by atomic mass is 10.1. The second-order valence-electron chi connectivity index (χ2n) is 3.99. The van der Waals surface area contributed by atoms with Crippen molar-refractivity contribution < 1.29 is 10.2 Å². The van der Waals surface area contributed by atoms with Gasteiger partial charge in [0.25, 0.3) is 0 Å². The maximum atomic E-state index is 9.69. The summed E-state index contributed by atoms with van der Waals surface area (Å²) in [6.07, 6.45) is 1.73. The van der Waals surface area contributed by atoms with Crippen molar-refractivity contribution in [2.75, 3.05) is 0 Å². The van der Waals surface area contributed by atoms with Gasteiger partial charge in [-0.25, -0.2) is 0 Å². The van der Waals surface area contributed by atoms with Crippen molar-refractivity contribution in [3.8, 4) is 29.0 Å². The highest BCUT2D eigenvalue weighted by Gasteiger charge is 2.13. The number of hydrogen-bond donors (Lipinski definition) is 4. The highest BCUT2D eigenvalue weighted by molar-refractivity contribution is 5.97. The first-order valence-electron chi connectivity index (χ1n) is 5.31. The Morgan fingerprint density at radius 3 is 2.61 bits per heavy atom. The molecule has 18 heavy (non-hydrogen) atoms. The zero-order valence-electron chi connectivity index (χ0n) is 9.23. The van der Waals surface area contributed by atoms with Crippen molar-refractivity contribution in [3.63, 3.8) is 0 Å². The number of rotatable bonds is 1. The van der Waals surface area contributed by atoms with Crippen LogP contribution in [0.1, 0.15) is 5.56 Å². The van der Waals surface area contributed by atoms with E-state index in [-0.39, 0.29) is 11.8 Å². The van der Waals surface area contributed by atoms with Gasteiger partial charge in [0, 0.05) is 34.3 Å². The molecule has 0 aliphatic rings. The minimum atomic E-state index is -0.103. The first-order valence-corrected chi connectivity index (χ1v) is 5.31. The van der Waals surface area contributed by atoms with Crippen LogP contribution in [0, 0.1) is 11.3 Å². The summed E-state index contributed by atoms with van der Waals surface area (Å²) in [4.78, 5) is 5.48. The molecule has 3 rings (SSSR count). The Morgan fingerprint density at radius 1 is 1.11 bits per heavy atom. The predicted molar refractivity (Wildman–Crippen MR) is 66.1 cm³/mol. The van der Waals surface area contributed by atoms with E-state index in [1.54, 1.807) is 24.4 Å². The Hall–Kier alpha value is -2.87. The average molecular weight is 239 g/mol. The number of H-pyrrole nitrogens is 2. The van der Waals surface area contributed by atoms with E-state index in [1.165, 1.54) is 6.07 Å².